The van der Waals surface area contributed by atoms with Gasteiger partial charge < -0.3 is 25.6 Å². The van der Waals surface area contributed by atoms with E-state index in [1.54, 1.807) is 0 Å². The SMILES string of the molecule is CCCOc1nc(NCC)nc(NCC(C)(O)CO)n1. The molecular weight excluding hydrogens is 262 g/mol. The predicted octanol–water partition coefficient (Wildman–Crippen LogP) is 0.247. The molecule has 1 rings (SSSR count). The number of aromatic nitrogens is 3. The first-order valence-electron chi connectivity index (χ1n) is 6.70. The Balaban J connectivity index is 2.79. The molecule has 1 unspecified atom stereocenters. The van der Waals surface area contributed by atoms with Gasteiger partial charge in [0.05, 0.1) is 13.2 Å². The first-order chi connectivity index (χ1) is 9.50. The van der Waals surface area contributed by atoms with Gasteiger partial charge in [-0.2, -0.15) is 15.0 Å². The van der Waals surface area contributed by atoms with Crippen molar-refractivity contribution >= 4 is 11.9 Å². The molecule has 0 radical (unpaired) electrons. The summed E-state index contributed by atoms with van der Waals surface area (Å²) in [5.74, 6) is 0.690. The van der Waals surface area contributed by atoms with Gasteiger partial charge in [-0.3, -0.25) is 0 Å². The number of rotatable bonds is 9. The number of nitrogens with one attached hydrogen (secondary N) is 2. The highest BCUT2D eigenvalue weighted by Gasteiger charge is 2.19. The van der Waals surface area contributed by atoms with Crippen LogP contribution in [0, 0.1) is 0 Å². The van der Waals surface area contributed by atoms with Gasteiger partial charge in [0.2, 0.25) is 11.9 Å². The van der Waals surface area contributed by atoms with Crippen molar-refractivity contribution < 1.29 is 14.9 Å². The minimum absolute atomic E-state index is 0.117. The van der Waals surface area contributed by atoms with Crippen LogP contribution in [0.4, 0.5) is 11.9 Å². The minimum Gasteiger partial charge on any atom is -0.463 e. The van der Waals surface area contributed by atoms with Crippen molar-refractivity contribution in [3.05, 3.63) is 0 Å². The number of nitrogens with zero attached hydrogens (tertiary/aromatic N) is 3. The first-order valence-corrected chi connectivity index (χ1v) is 6.70. The molecule has 20 heavy (non-hydrogen) atoms. The Morgan fingerprint density at radius 1 is 1.15 bits per heavy atom. The average molecular weight is 285 g/mol. The quantitative estimate of drug-likeness (QED) is 0.510. The Morgan fingerprint density at radius 2 is 1.80 bits per heavy atom. The molecule has 1 aromatic heterocycles. The number of aliphatic hydroxyl groups is 2. The molecule has 0 saturated heterocycles. The van der Waals surface area contributed by atoms with Crippen LogP contribution in [0.25, 0.3) is 0 Å². The predicted molar refractivity (Wildman–Crippen MR) is 76.0 cm³/mol. The van der Waals surface area contributed by atoms with Crippen molar-refractivity contribution in [1.82, 2.24) is 15.0 Å². The van der Waals surface area contributed by atoms with Crippen molar-refractivity contribution in [1.29, 1.82) is 0 Å². The van der Waals surface area contributed by atoms with E-state index in [9.17, 15) is 5.11 Å². The van der Waals surface area contributed by atoms with Gasteiger partial charge in [-0.25, -0.2) is 0 Å². The van der Waals surface area contributed by atoms with E-state index in [0.717, 1.165) is 6.42 Å². The Labute approximate surface area is 118 Å². The summed E-state index contributed by atoms with van der Waals surface area (Å²) in [6, 6.07) is 0.226. The zero-order valence-corrected chi connectivity index (χ0v) is 12.2. The van der Waals surface area contributed by atoms with Crippen LogP contribution in [0.1, 0.15) is 27.2 Å². The lowest BCUT2D eigenvalue weighted by Crippen LogP contribution is -2.37. The molecule has 0 amide bonds. The summed E-state index contributed by atoms with van der Waals surface area (Å²) in [4.78, 5) is 12.4. The number of aliphatic hydroxyl groups excluding tert-OH is 1. The molecule has 0 saturated carbocycles. The maximum atomic E-state index is 9.74. The maximum absolute atomic E-state index is 9.74. The topological polar surface area (TPSA) is 112 Å². The molecule has 0 fully saturated rings. The van der Waals surface area contributed by atoms with E-state index in [-0.39, 0.29) is 25.1 Å². The summed E-state index contributed by atoms with van der Waals surface area (Å²) >= 11 is 0. The van der Waals surface area contributed by atoms with Crippen molar-refractivity contribution in [2.24, 2.45) is 0 Å². The fourth-order valence-electron chi connectivity index (χ4n) is 1.26. The normalized spacial score (nSPS) is 13.7. The van der Waals surface area contributed by atoms with Gasteiger partial charge in [0.25, 0.3) is 0 Å². The molecule has 0 aliphatic rings. The first kappa shape index (κ1) is 16.4. The third kappa shape index (κ3) is 5.54. The van der Waals surface area contributed by atoms with Crippen LogP contribution in [0.3, 0.4) is 0 Å². The number of anilines is 2. The Morgan fingerprint density at radius 3 is 2.35 bits per heavy atom. The lowest BCUT2D eigenvalue weighted by Gasteiger charge is -2.20. The molecule has 4 N–H and O–H groups in total. The van der Waals surface area contributed by atoms with Crippen molar-refractivity contribution in [2.75, 3.05) is 36.9 Å². The van der Waals surface area contributed by atoms with Crippen LogP contribution in [-0.2, 0) is 0 Å². The monoisotopic (exact) mass is 285 g/mol. The summed E-state index contributed by atoms with van der Waals surface area (Å²) in [5.41, 5.74) is -1.24. The lowest BCUT2D eigenvalue weighted by molar-refractivity contribution is 0.0131. The van der Waals surface area contributed by atoms with Gasteiger partial charge in [-0.1, -0.05) is 6.92 Å². The molecule has 8 heteroatoms. The smallest absolute Gasteiger partial charge is 0.323 e. The van der Waals surface area contributed by atoms with Crippen LogP contribution in [0.5, 0.6) is 6.01 Å². The van der Waals surface area contributed by atoms with Crippen molar-refractivity contribution in [3.63, 3.8) is 0 Å². The summed E-state index contributed by atoms with van der Waals surface area (Å²) in [6.07, 6.45) is 0.851. The molecule has 8 nitrogen and oxygen atoms in total. The standard InChI is InChI=1S/C12H23N5O3/c1-4-6-20-11-16-9(13-5-2)15-10(17-11)14-7-12(3,19)8-18/h18-19H,4-8H2,1-3H3,(H2,13,14,15,16,17). The highest BCUT2D eigenvalue weighted by molar-refractivity contribution is 5.36. The maximum Gasteiger partial charge on any atom is 0.323 e. The fraction of sp³-hybridized carbons (Fsp3) is 0.750. The van der Waals surface area contributed by atoms with Gasteiger partial charge in [0.15, 0.2) is 0 Å². The highest BCUT2D eigenvalue weighted by Crippen LogP contribution is 2.12. The van der Waals surface area contributed by atoms with E-state index in [2.05, 4.69) is 25.6 Å². The van der Waals surface area contributed by atoms with Crippen LogP contribution in [-0.4, -0.2) is 57.1 Å². The molecule has 0 aliphatic carbocycles. The van der Waals surface area contributed by atoms with Gasteiger partial charge in [-0.05, 0) is 20.3 Å². The van der Waals surface area contributed by atoms with Crippen LogP contribution < -0.4 is 15.4 Å². The highest BCUT2D eigenvalue weighted by atomic mass is 16.5. The number of hydrogen-bond acceptors (Lipinski definition) is 8. The second-order valence-electron chi connectivity index (χ2n) is 4.65. The average Bonchev–Trinajstić information content (AvgIpc) is 2.43. The summed E-state index contributed by atoms with van der Waals surface area (Å²) < 4.78 is 5.39. The molecule has 1 atom stereocenters. The number of ether oxygens (including phenoxy) is 1. The molecule has 0 bridgehead atoms. The Bertz CT molecular complexity index is 414. The van der Waals surface area contributed by atoms with Gasteiger partial charge >= 0.3 is 6.01 Å². The third-order valence-corrected chi connectivity index (χ3v) is 2.35. The summed E-state index contributed by atoms with van der Waals surface area (Å²) in [6.45, 7) is 6.38. The molecule has 0 aromatic carbocycles. The molecule has 0 aliphatic heterocycles. The molecule has 1 heterocycles. The van der Waals surface area contributed by atoms with Crippen molar-refractivity contribution in [3.8, 4) is 6.01 Å². The number of hydrogen-bond donors (Lipinski definition) is 4. The third-order valence-electron chi connectivity index (χ3n) is 2.35. The zero-order valence-electron chi connectivity index (χ0n) is 12.2. The second-order valence-corrected chi connectivity index (χ2v) is 4.65. The second kappa shape index (κ2) is 7.81. The molecule has 114 valence electrons. The van der Waals surface area contributed by atoms with E-state index < -0.39 is 5.60 Å². The summed E-state index contributed by atoms with van der Waals surface area (Å²) in [7, 11) is 0. The molecule has 1 aromatic rings. The Hall–Kier alpha value is -1.67. The molecular formula is C12H23N5O3. The van der Waals surface area contributed by atoms with E-state index in [1.165, 1.54) is 6.92 Å². The Kier molecular flexibility index (Phi) is 6.40. The largest absolute Gasteiger partial charge is 0.463 e. The zero-order chi connectivity index (χ0) is 15.0. The van der Waals surface area contributed by atoms with E-state index in [1.807, 2.05) is 13.8 Å². The van der Waals surface area contributed by atoms with E-state index in [0.29, 0.717) is 19.1 Å². The minimum atomic E-state index is -1.24. The lowest BCUT2D eigenvalue weighted by atomic mass is 10.1. The van der Waals surface area contributed by atoms with Gasteiger partial charge in [-0.15, -0.1) is 0 Å². The van der Waals surface area contributed by atoms with Gasteiger partial charge in [0.1, 0.15) is 5.60 Å². The van der Waals surface area contributed by atoms with E-state index in [4.69, 9.17) is 9.84 Å². The van der Waals surface area contributed by atoms with Gasteiger partial charge in [0, 0.05) is 13.1 Å². The fourth-order valence-corrected chi connectivity index (χ4v) is 1.26. The van der Waals surface area contributed by atoms with Crippen molar-refractivity contribution in [2.45, 2.75) is 32.8 Å². The van der Waals surface area contributed by atoms with E-state index >= 15 is 0 Å². The summed E-state index contributed by atoms with van der Waals surface area (Å²) in [5, 5.41) is 24.6. The van der Waals surface area contributed by atoms with Crippen LogP contribution in [0.2, 0.25) is 0 Å². The molecule has 0 spiro atoms. The van der Waals surface area contributed by atoms with Crippen LogP contribution in [0.15, 0.2) is 0 Å². The van der Waals surface area contributed by atoms with Crippen LogP contribution >= 0.6 is 0 Å².